The fraction of sp³-hybridized carbons (Fsp3) is 0.478. The third kappa shape index (κ3) is 3.80. The molecular weight excluding hydrogens is 362 g/mol. The number of para-hydroxylation sites is 2. The van der Waals surface area contributed by atoms with Gasteiger partial charge in [-0.15, -0.1) is 0 Å². The summed E-state index contributed by atoms with van der Waals surface area (Å²) in [5.41, 5.74) is 4.88. The molecule has 2 unspecified atom stereocenters. The van der Waals surface area contributed by atoms with Crippen LogP contribution < -0.4 is 5.32 Å². The van der Waals surface area contributed by atoms with Gasteiger partial charge in [-0.2, -0.15) is 0 Å². The van der Waals surface area contributed by atoms with Gasteiger partial charge >= 0.3 is 0 Å². The Labute approximate surface area is 171 Å². The average Bonchev–Trinajstić information content (AvgIpc) is 3.11. The molecule has 1 aliphatic carbocycles. The van der Waals surface area contributed by atoms with E-state index in [0.717, 1.165) is 57.0 Å². The molecule has 2 atom stereocenters. The molecule has 0 spiro atoms. The lowest BCUT2D eigenvalue weighted by molar-refractivity contribution is 0.0180. The molecule has 0 amide bonds. The van der Waals surface area contributed by atoms with E-state index in [1.54, 1.807) is 0 Å². The number of nitrogens with one attached hydrogen (secondary N) is 1. The normalized spacial score (nSPS) is 22.1. The standard InChI is InChI=1S/C23H29N5O/c1-27(21-10-4-6-17-7-5-11-25-23(17)21)16-22-26-19-8-2-3-9-20(19)28(22)15-18-14-24-12-13-29-18/h2-3,5,7-9,11,18,21,24H,4,6,10,12-16H2,1H3. The first-order valence-corrected chi connectivity index (χ1v) is 10.7. The van der Waals surface area contributed by atoms with Crippen molar-refractivity contribution >= 4 is 11.0 Å². The number of imidazole rings is 1. The van der Waals surface area contributed by atoms with Gasteiger partial charge in [-0.3, -0.25) is 9.88 Å². The van der Waals surface area contributed by atoms with E-state index < -0.39 is 0 Å². The van der Waals surface area contributed by atoms with Crippen molar-refractivity contribution in [3.05, 3.63) is 59.7 Å². The molecule has 2 aliphatic rings. The monoisotopic (exact) mass is 391 g/mol. The van der Waals surface area contributed by atoms with Crippen molar-refractivity contribution in [1.29, 1.82) is 0 Å². The van der Waals surface area contributed by atoms with Gasteiger partial charge in [-0.1, -0.05) is 18.2 Å². The number of morpholine rings is 1. The lowest BCUT2D eigenvalue weighted by atomic mass is 9.91. The summed E-state index contributed by atoms with van der Waals surface area (Å²) in [5.74, 6) is 1.10. The molecule has 0 radical (unpaired) electrons. The summed E-state index contributed by atoms with van der Waals surface area (Å²) in [7, 11) is 2.21. The summed E-state index contributed by atoms with van der Waals surface area (Å²) in [6.07, 6.45) is 5.61. The second kappa shape index (κ2) is 8.22. The molecule has 6 heteroatoms. The number of hydrogen-bond donors (Lipinski definition) is 1. The first kappa shape index (κ1) is 18.7. The molecule has 0 saturated carbocycles. The fourth-order valence-electron chi connectivity index (χ4n) is 4.74. The van der Waals surface area contributed by atoms with Crippen LogP contribution in [0.15, 0.2) is 42.6 Å². The van der Waals surface area contributed by atoms with Gasteiger partial charge in [0, 0.05) is 19.3 Å². The Kier molecular flexibility index (Phi) is 5.31. The molecular formula is C23H29N5O. The van der Waals surface area contributed by atoms with Crippen molar-refractivity contribution < 1.29 is 4.74 Å². The van der Waals surface area contributed by atoms with Crippen molar-refractivity contribution in [2.75, 3.05) is 26.7 Å². The summed E-state index contributed by atoms with van der Waals surface area (Å²) < 4.78 is 8.34. The minimum atomic E-state index is 0.183. The number of aromatic nitrogens is 3. The van der Waals surface area contributed by atoms with Crippen molar-refractivity contribution in [3.8, 4) is 0 Å². The Bertz CT molecular complexity index is 978. The molecule has 1 aromatic carbocycles. The van der Waals surface area contributed by atoms with Gasteiger partial charge in [0.1, 0.15) is 5.82 Å². The second-order valence-electron chi connectivity index (χ2n) is 8.20. The Balaban J connectivity index is 1.43. The van der Waals surface area contributed by atoms with Crippen molar-refractivity contribution in [2.24, 2.45) is 0 Å². The summed E-state index contributed by atoms with van der Waals surface area (Å²) >= 11 is 0. The highest BCUT2D eigenvalue weighted by Gasteiger charge is 2.27. The van der Waals surface area contributed by atoms with Crippen LogP contribution in [0.25, 0.3) is 11.0 Å². The molecule has 1 N–H and O–H groups in total. The maximum atomic E-state index is 5.99. The zero-order valence-electron chi connectivity index (χ0n) is 17.1. The summed E-state index contributed by atoms with van der Waals surface area (Å²) in [6.45, 7) is 4.23. The van der Waals surface area contributed by atoms with Gasteiger partial charge in [0.05, 0.1) is 48.6 Å². The SMILES string of the molecule is CN(Cc1nc2ccccc2n1CC1CNCCO1)C1CCCc2cccnc21. The van der Waals surface area contributed by atoms with E-state index in [1.807, 2.05) is 6.20 Å². The maximum absolute atomic E-state index is 5.99. The van der Waals surface area contributed by atoms with Gasteiger partial charge in [0.25, 0.3) is 0 Å². The van der Waals surface area contributed by atoms with Gasteiger partial charge in [0.15, 0.2) is 0 Å². The summed E-state index contributed by atoms with van der Waals surface area (Å²) in [5, 5.41) is 3.44. The Hall–Kier alpha value is -2.28. The molecule has 29 heavy (non-hydrogen) atoms. The van der Waals surface area contributed by atoms with E-state index in [9.17, 15) is 0 Å². The smallest absolute Gasteiger partial charge is 0.124 e. The maximum Gasteiger partial charge on any atom is 0.124 e. The minimum Gasteiger partial charge on any atom is -0.374 e. The van der Waals surface area contributed by atoms with Gasteiger partial charge in [-0.25, -0.2) is 4.98 Å². The fourth-order valence-corrected chi connectivity index (χ4v) is 4.74. The lowest BCUT2D eigenvalue weighted by Gasteiger charge is -2.32. The van der Waals surface area contributed by atoms with E-state index in [0.29, 0.717) is 6.04 Å². The van der Waals surface area contributed by atoms with E-state index in [4.69, 9.17) is 14.7 Å². The number of benzene rings is 1. The van der Waals surface area contributed by atoms with Crippen LogP contribution in [0.5, 0.6) is 0 Å². The molecule has 1 saturated heterocycles. The summed E-state index contributed by atoms with van der Waals surface area (Å²) in [6, 6.07) is 13.1. The molecule has 2 aromatic heterocycles. The average molecular weight is 392 g/mol. The third-order valence-electron chi connectivity index (χ3n) is 6.21. The van der Waals surface area contributed by atoms with Crippen LogP contribution in [0.4, 0.5) is 0 Å². The molecule has 0 bridgehead atoms. The van der Waals surface area contributed by atoms with Crippen LogP contribution in [0.2, 0.25) is 0 Å². The van der Waals surface area contributed by atoms with Gasteiger partial charge in [-0.05, 0) is 50.1 Å². The van der Waals surface area contributed by atoms with Crippen LogP contribution in [-0.4, -0.2) is 52.3 Å². The van der Waals surface area contributed by atoms with Crippen LogP contribution in [-0.2, 0) is 24.2 Å². The minimum absolute atomic E-state index is 0.183. The van der Waals surface area contributed by atoms with E-state index in [2.05, 4.69) is 58.2 Å². The first-order chi connectivity index (χ1) is 14.3. The Morgan fingerprint density at radius 2 is 2.17 bits per heavy atom. The molecule has 3 aromatic rings. The highest BCUT2D eigenvalue weighted by atomic mass is 16.5. The largest absolute Gasteiger partial charge is 0.374 e. The molecule has 5 rings (SSSR count). The number of fused-ring (bicyclic) bond motifs is 2. The zero-order valence-corrected chi connectivity index (χ0v) is 17.1. The molecule has 1 aliphatic heterocycles. The van der Waals surface area contributed by atoms with Crippen LogP contribution in [0.1, 0.15) is 36.0 Å². The number of nitrogens with zero attached hydrogens (tertiary/aromatic N) is 4. The van der Waals surface area contributed by atoms with Crippen molar-refractivity contribution in [1.82, 2.24) is 24.8 Å². The van der Waals surface area contributed by atoms with E-state index >= 15 is 0 Å². The third-order valence-corrected chi connectivity index (χ3v) is 6.21. The molecule has 6 nitrogen and oxygen atoms in total. The first-order valence-electron chi connectivity index (χ1n) is 10.7. The highest BCUT2D eigenvalue weighted by molar-refractivity contribution is 5.75. The molecule has 3 heterocycles. The second-order valence-corrected chi connectivity index (χ2v) is 8.20. The van der Waals surface area contributed by atoms with Crippen LogP contribution in [0, 0.1) is 0 Å². The van der Waals surface area contributed by atoms with Gasteiger partial charge < -0.3 is 14.6 Å². The van der Waals surface area contributed by atoms with Crippen LogP contribution in [0.3, 0.4) is 0 Å². The van der Waals surface area contributed by atoms with Crippen molar-refractivity contribution in [2.45, 2.75) is 44.5 Å². The van der Waals surface area contributed by atoms with E-state index in [-0.39, 0.29) is 6.10 Å². The predicted octanol–water partition coefficient (Wildman–Crippen LogP) is 2.93. The number of ether oxygens (including phenoxy) is 1. The quantitative estimate of drug-likeness (QED) is 0.725. The zero-order chi connectivity index (χ0) is 19.6. The molecule has 152 valence electrons. The number of aryl methyl sites for hydroxylation is 1. The Morgan fingerprint density at radius 1 is 1.24 bits per heavy atom. The number of pyridine rings is 1. The molecule has 1 fully saturated rings. The van der Waals surface area contributed by atoms with Gasteiger partial charge in [0.2, 0.25) is 0 Å². The number of rotatable bonds is 5. The topological polar surface area (TPSA) is 55.2 Å². The van der Waals surface area contributed by atoms with Crippen LogP contribution >= 0.6 is 0 Å². The predicted molar refractivity (Wildman–Crippen MR) is 114 cm³/mol. The summed E-state index contributed by atoms with van der Waals surface area (Å²) in [4.78, 5) is 12.1. The highest BCUT2D eigenvalue weighted by Crippen LogP contribution is 2.33. The van der Waals surface area contributed by atoms with E-state index in [1.165, 1.54) is 23.2 Å². The lowest BCUT2D eigenvalue weighted by Crippen LogP contribution is -2.41. The Morgan fingerprint density at radius 3 is 3.07 bits per heavy atom. The van der Waals surface area contributed by atoms with Crippen molar-refractivity contribution in [3.63, 3.8) is 0 Å². The number of hydrogen-bond acceptors (Lipinski definition) is 5.